The highest BCUT2D eigenvalue weighted by Crippen LogP contribution is 2.37. The van der Waals surface area contributed by atoms with Crippen molar-refractivity contribution in [1.82, 2.24) is 19.6 Å². The summed E-state index contributed by atoms with van der Waals surface area (Å²) < 4.78 is 7.09. The van der Waals surface area contributed by atoms with E-state index < -0.39 is 0 Å². The van der Waals surface area contributed by atoms with E-state index in [0.29, 0.717) is 31.9 Å². The van der Waals surface area contributed by atoms with Crippen LogP contribution in [-0.4, -0.2) is 64.2 Å². The molecule has 7 nitrogen and oxygen atoms in total. The summed E-state index contributed by atoms with van der Waals surface area (Å²) in [5.74, 6) is 0.0845. The van der Waals surface area contributed by atoms with Gasteiger partial charge in [-0.15, -0.1) is 11.3 Å². The van der Waals surface area contributed by atoms with Crippen LogP contribution in [0, 0.1) is 0 Å². The largest absolute Gasteiger partial charge is 0.378 e. The van der Waals surface area contributed by atoms with E-state index in [1.165, 1.54) is 11.3 Å². The van der Waals surface area contributed by atoms with Crippen molar-refractivity contribution in [3.63, 3.8) is 0 Å². The smallest absolute Gasteiger partial charge is 0.264 e. The molecule has 0 bridgehead atoms. The minimum atomic E-state index is 0.0201. The van der Waals surface area contributed by atoms with Crippen LogP contribution in [0.25, 0.3) is 0 Å². The third-order valence-corrected chi connectivity index (χ3v) is 6.36. The fourth-order valence-electron chi connectivity index (χ4n) is 3.69. The molecule has 27 heavy (non-hydrogen) atoms. The number of morpholine rings is 1. The summed E-state index contributed by atoms with van der Waals surface area (Å²) in [5, 5.41) is 4.22. The van der Waals surface area contributed by atoms with Gasteiger partial charge in [-0.05, 0) is 31.9 Å². The van der Waals surface area contributed by atoms with Crippen molar-refractivity contribution in [2.75, 3.05) is 32.8 Å². The molecule has 144 valence electrons. The second kappa shape index (κ2) is 7.82. The van der Waals surface area contributed by atoms with E-state index in [9.17, 15) is 9.59 Å². The highest BCUT2D eigenvalue weighted by molar-refractivity contribution is 7.14. The highest BCUT2D eigenvalue weighted by atomic mass is 32.1. The van der Waals surface area contributed by atoms with Gasteiger partial charge < -0.3 is 14.5 Å². The summed E-state index contributed by atoms with van der Waals surface area (Å²) in [6.45, 7) is 5.96. The van der Waals surface area contributed by atoms with E-state index in [2.05, 4.69) is 5.10 Å². The molecule has 4 heterocycles. The average Bonchev–Trinajstić information content (AvgIpc) is 3.47. The molecule has 0 radical (unpaired) electrons. The molecular formula is C19H24N4O3S. The monoisotopic (exact) mass is 388 g/mol. The van der Waals surface area contributed by atoms with Gasteiger partial charge in [0.2, 0.25) is 0 Å². The van der Waals surface area contributed by atoms with Crippen molar-refractivity contribution in [2.45, 2.75) is 32.4 Å². The van der Waals surface area contributed by atoms with Crippen LogP contribution in [0.15, 0.2) is 24.5 Å². The number of rotatable bonds is 4. The van der Waals surface area contributed by atoms with Gasteiger partial charge >= 0.3 is 0 Å². The lowest BCUT2D eigenvalue weighted by molar-refractivity contribution is 0.0306. The molecule has 8 heteroatoms. The third-order valence-electron chi connectivity index (χ3n) is 5.18. The zero-order chi connectivity index (χ0) is 18.8. The van der Waals surface area contributed by atoms with Gasteiger partial charge in [0.15, 0.2) is 0 Å². The molecule has 0 aliphatic carbocycles. The Morgan fingerprint density at radius 1 is 1.22 bits per heavy atom. The van der Waals surface area contributed by atoms with Gasteiger partial charge in [-0.3, -0.25) is 14.3 Å². The van der Waals surface area contributed by atoms with Gasteiger partial charge in [0.25, 0.3) is 11.8 Å². The van der Waals surface area contributed by atoms with Crippen LogP contribution in [0.4, 0.5) is 0 Å². The molecule has 2 aromatic rings. The summed E-state index contributed by atoms with van der Waals surface area (Å²) in [4.78, 5) is 31.2. The molecule has 2 fully saturated rings. The average molecular weight is 388 g/mol. The van der Waals surface area contributed by atoms with E-state index in [-0.39, 0.29) is 17.9 Å². The Hall–Kier alpha value is -2.19. The molecule has 0 N–H and O–H groups in total. The first-order valence-electron chi connectivity index (χ1n) is 9.47. The van der Waals surface area contributed by atoms with Crippen LogP contribution in [0.1, 0.15) is 50.7 Å². The lowest BCUT2D eigenvalue weighted by atomic mass is 10.1. The lowest BCUT2D eigenvalue weighted by Gasteiger charge is -2.26. The number of nitrogens with zero attached hydrogens (tertiary/aromatic N) is 4. The Labute approximate surface area is 162 Å². The van der Waals surface area contributed by atoms with Crippen molar-refractivity contribution >= 4 is 23.2 Å². The standard InChI is InChI=1S/C19H24N4O3S/c1-2-22-13-14(12-20-22)18(24)23-7-3-4-15(23)16-5-6-17(27-16)19(25)21-8-10-26-11-9-21/h5-6,12-13,15H,2-4,7-11H2,1H3/t15-/m0/s1. The van der Waals surface area contributed by atoms with E-state index >= 15 is 0 Å². The molecule has 4 rings (SSSR count). The van der Waals surface area contributed by atoms with E-state index in [4.69, 9.17) is 4.74 Å². The summed E-state index contributed by atoms with van der Waals surface area (Å²) in [5.41, 5.74) is 0.630. The fraction of sp³-hybridized carbons (Fsp3) is 0.526. The topological polar surface area (TPSA) is 67.7 Å². The van der Waals surface area contributed by atoms with E-state index in [0.717, 1.165) is 35.7 Å². The van der Waals surface area contributed by atoms with Crippen molar-refractivity contribution in [3.05, 3.63) is 39.8 Å². The number of ether oxygens (including phenoxy) is 1. The zero-order valence-electron chi connectivity index (χ0n) is 15.5. The van der Waals surface area contributed by atoms with Gasteiger partial charge in [-0.25, -0.2) is 0 Å². The summed E-state index contributed by atoms with van der Waals surface area (Å²) >= 11 is 1.51. The first kappa shape index (κ1) is 18.2. The molecule has 2 aromatic heterocycles. The van der Waals surface area contributed by atoms with Crippen molar-refractivity contribution < 1.29 is 14.3 Å². The van der Waals surface area contributed by atoms with Gasteiger partial charge in [0, 0.05) is 37.3 Å². The van der Waals surface area contributed by atoms with Gasteiger partial charge in [-0.1, -0.05) is 0 Å². The number of amides is 2. The second-order valence-corrected chi connectivity index (χ2v) is 7.96. The van der Waals surface area contributed by atoms with Crippen LogP contribution in [0.2, 0.25) is 0 Å². The molecule has 2 aliphatic heterocycles. The third kappa shape index (κ3) is 3.64. The normalized spacial score (nSPS) is 20.3. The Kier molecular flexibility index (Phi) is 5.27. The van der Waals surface area contributed by atoms with E-state index in [1.807, 2.05) is 28.9 Å². The molecule has 2 amide bonds. The van der Waals surface area contributed by atoms with Crippen molar-refractivity contribution in [2.24, 2.45) is 0 Å². The minimum Gasteiger partial charge on any atom is -0.378 e. The Bertz CT molecular complexity index is 825. The summed E-state index contributed by atoms with van der Waals surface area (Å²) in [6.07, 6.45) is 5.35. The Morgan fingerprint density at radius 3 is 2.78 bits per heavy atom. The maximum Gasteiger partial charge on any atom is 0.264 e. The molecule has 0 saturated carbocycles. The molecule has 0 spiro atoms. The van der Waals surface area contributed by atoms with Crippen LogP contribution in [0.5, 0.6) is 0 Å². The van der Waals surface area contributed by atoms with Crippen LogP contribution >= 0.6 is 11.3 Å². The quantitative estimate of drug-likeness (QED) is 0.807. The number of aromatic nitrogens is 2. The second-order valence-electron chi connectivity index (χ2n) is 6.85. The molecule has 0 unspecified atom stereocenters. The minimum absolute atomic E-state index is 0.0201. The predicted molar refractivity (Wildman–Crippen MR) is 102 cm³/mol. The van der Waals surface area contributed by atoms with Gasteiger partial charge in [-0.2, -0.15) is 5.10 Å². The van der Waals surface area contributed by atoms with Gasteiger partial charge in [0.1, 0.15) is 0 Å². The maximum absolute atomic E-state index is 12.9. The number of carbonyl (C=O) groups is 2. The number of hydrogen-bond donors (Lipinski definition) is 0. The zero-order valence-corrected chi connectivity index (χ0v) is 16.3. The van der Waals surface area contributed by atoms with Crippen molar-refractivity contribution in [1.29, 1.82) is 0 Å². The van der Waals surface area contributed by atoms with Crippen LogP contribution in [0.3, 0.4) is 0 Å². The van der Waals surface area contributed by atoms with Crippen LogP contribution < -0.4 is 0 Å². The number of hydrogen-bond acceptors (Lipinski definition) is 5. The summed E-state index contributed by atoms with van der Waals surface area (Å²) in [7, 11) is 0. The lowest BCUT2D eigenvalue weighted by Crippen LogP contribution is -2.40. The number of aryl methyl sites for hydroxylation is 1. The molecule has 0 aromatic carbocycles. The molecule has 2 aliphatic rings. The SMILES string of the molecule is CCn1cc(C(=O)N2CCC[C@H]2c2ccc(C(=O)N3CCOCC3)s2)cn1. The molecule has 1 atom stereocenters. The number of likely N-dealkylation sites (tertiary alicyclic amines) is 1. The first-order valence-corrected chi connectivity index (χ1v) is 10.3. The highest BCUT2D eigenvalue weighted by Gasteiger charge is 2.33. The van der Waals surface area contributed by atoms with E-state index in [1.54, 1.807) is 17.1 Å². The fourth-order valence-corrected chi connectivity index (χ4v) is 4.81. The first-order chi connectivity index (χ1) is 13.2. The molecular weight excluding hydrogens is 364 g/mol. The molecule has 2 saturated heterocycles. The van der Waals surface area contributed by atoms with Crippen LogP contribution in [-0.2, 0) is 11.3 Å². The number of thiophene rings is 1. The number of carbonyl (C=O) groups excluding carboxylic acids is 2. The Morgan fingerprint density at radius 2 is 2.04 bits per heavy atom. The summed E-state index contributed by atoms with van der Waals surface area (Å²) in [6, 6.07) is 3.94. The predicted octanol–water partition coefficient (Wildman–Crippen LogP) is 2.41. The van der Waals surface area contributed by atoms with Gasteiger partial charge in [0.05, 0.1) is 35.9 Å². The Balaban J connectivity index is 1.49. The van der Waals surface area contributed by atoms with Crippen molar-refractivity contribution in [3.8, 4) is 0 Å². The maximum atomic E-state index is 12.9.